The maximum atomic E-state index is 12.4. The third kappa shape index (κ3) is 3.26. The van der Waals surface area contributed by atoms with E-state index in [0.29, 0.717) is 25.6 Å². The van der Waals surface area contributed by atoms with Crippen LogP contribution in [0.2, 0.25) is 0 Å². The van der Waals surface area contributed by atoms with Gasteiger partial charge in [-0.1, -0.05) is 24.3 Å². The number of benzene rings is 1. The van der Waals surface area contributed by atoms with Gasteiger partial charge in [0.1, 0.15) is 0 Å². The highest BCUT2D eigenvalue weighted by Gasteiger charge is 2.31. The molecule has 1 aromatic rings. The fourth-order valence-electron chi connectivity index (χ4n) is 3.07. The number of hydrogen-bond donors (Lipinski definition) is 0. The molecule has 1 aliphatic carbocycles. The topological polar surface area (TPSA) is 40.6 Å². The maximum Gasteiger partial charge on any atom is 0.224 e. The smallest absolute Gasteiger partial charge is 0.224 e. The standard InChI is InChI=1S/C17H22N2O2/c1-13(20)19(16-6-7-16)11-9-17(21)18-10-8-14-4-2-3-5-15(14)12-18/h2-5,16H,6-12H2,1H3. The van der Waals surface area contributed by atoms with Crippen molar-refractivity contribution < 1.29 is 9.59 Å². The van der Waals surface area contributed by atoms with Crippen molar-refractivity contribution in [1.29, 1.82) is 0 Å². The van der Waals surface area contributed by atoms with Gasteiger partial charge >= 0.3 is 0 Å². The van der Waals surface area contributed by atoms with Crippen LogP contribution >= 0.6 is 0 Å². The van der Waals surface area contributed by atoms with Crippen molar-refractivity contribution in [3.05, 3.63) is 35.4 Å². The minimum atomic E-state index is 0.0919. The van der Waals surface area contributed by atoms with Gasteiger partial charge in [-0.3, -0.25) is 9.59 Å². The van der Waals surface area contributed by atoms with Crippen LogP contribution in [0.15, 0.2) is 24.3 Å². The minimum Gasteiger partial charge on any atom is -0.339 e. The quantitative estimate of drug-likeness (QED) is 0.849. The van der Waals surface area contributed by atoms with Gasteiger partial charge in [0.25, 0.3) is 0 Å². The number of nitrogens with zero attached hydrogens (tertiary/aromatic N) is 2. The highest BCUT2D eigenvalue weighted by Crippen LogP contribution is 2.27. The molecule has 1 saturated carbocycles. The number of carbonyl (C=O) groups excluding carboxylic acids is 2. The highest BCUT2D eigenvalue weighted by atomic mass is 16.2. The summed E-state index contributed by atoms with van der Waals surface area (Å²) in [6.07, 6.45) is 3.55. The third-order valence-corrected chi connectivity index (χ3v) is 4.44. The van der Waals surface area contributed by atoms with Gasteiger partial charge in [-0.2, -0.15) is 0 Å². The summed E-state index contributed by atoms with van der Waals surface area (Å²) in [6.45, 7) is 3.66. The monoisotopic (exact) mass is 286 g/mol. The van der Waals surface area contributed by atoms with Crippen molar-refractivity contribution in [2.45, 2.75) is 45.2 Å². The van der Waals surface area contributed by atoms with Crippen molar-refractivity contribution in [3.8, 4) is 0 Å². The minimum absolute atomic E-state index is 0.0919. The Morgan fingerprint density at radius 3 is 2.62 bits per heavy atom. The second-order valence-electron chi connectivity index (χ2n) is 6.03. The maximum absolute atomic E-state index is 12.4. The van der Waals surface area contributed by atoms with E-state index in [9.17, 15) is 9.59 Å². The van der Waals surface area contributed by atoms with Gasteiger partial charge in [0.2, 0.25) is 11.8 Å². The zero-order valence-electron chi connectivity index (χ0n) is 12.5. The van der Waals surface area contributed by atoms with E-state index < -0.39 is 0 Å². The molecule has 0 saturated heterocycles. The molecule has 4 heteroatoms. The normalized spacial score (nSPS) is 17.3. The number of hydrogen-bond acceptors (Lipinski definition) is 2. The Bertz CT molecular complexity index is 551. The third-order valence-electron chi connectivity index (χ3n) is 4.44. The molecule has 112 valence electrons. The van der Waals surface area contributed by atoms with Crippen LogP contribution in [0.1, 0.15) is 37.3 Å². The Balaban J connectivity index is 1.55. The lowest BCUT2D eigenvalue weighted by molar-refractivity contribution is -0.134. The molecule has 0 spiro atoms. The van der Waals surface area contributed by atoms with Gasteiger partial charge in [-0.05, 0) is 30.4 Å². The molecular weight excluding hydrogens is 264 g/mol. The number of carbonyl (C=O) groups is 2. The molecule has 0 bridgehead atoms. The van der Waals surface area contributed by atoms with E-state index in [-0.39, 0.29) is 11.8 Å². The number of fused-ring (bicyclic) bond motifs is 1. The average Bonchev–Trinajstić information content (AvgIpc) is 3.31. The van der Waals surface area contributed by atoms with Crippen LogP contribution in [0, 0.1) is 0 Å². The fraction of sp³-hybridized carbons (Fsp3) is 0.529. The summed E-state index contributed by atoms with van der Waals surface area (Å²) in [5.41, 5.74) is 2.60. The van der Waals surface area contributed by atoms with Gasteiger partial charge in [-0.15, -0.1) is 0 Å². The van der Waals surface area contributed by atoms with E-state index in [2.05, 4.69) is 18.2 Å². The van der Waals surface area contributed by atoms with Crippen LogP contribution in [-0.2, 0) is 22.6 Å². The molecule has 1 heterocycles. The molecule has 0 unspecified atom stereocenters. The van der Waals surface area contributed by atoms with Crippen molar-refractivity contribution >= 4 is 11.8 Å². The predicted molar refractivity (Wildman–Crippen MR) is 80.6 cm³/mol. The van der Waals surface area contributed by atoms with E-state index in [1.54, 1.807) is 6.92 Å². The molecule has 4 nitrogen and oxygen atoms in total. The zero-order valence-corrected chi connectivity index (χ0v) is 12.5. The van der Waals surface area contributed by atoms with E-state index >= 15 is 0 Å². The summed E-state index contributed by atoms with van der Waals surface area (Å²) in [7, 11) is 0. The van der Waals surface area contributed by atoms with Crippen LogP contribution < -0.4 is 0 Å². The summed E-state index contributed by atoms with van der Waals surface area (Å²) >= 11 is 0. The van der Waals surface area contributed by atoms with E-state index in [1.165, 1.54) is 11.1 Å². The molecule has 1 aromatic carbocycles. The lowest BCUT2D eigenvalue weighted by atomic mass is 10.00. The highest BCUT2D eigenvalue weighted by molar-refractivity contribution is 5.78. The molecule has 1 aliphatic heterocycles. The molecule has 21 heavy (non-hydrogen) atoms. The molecule has 3 rings (SSSR count). The molecule has 2 aliphatic rings. The predicted octanol–water partition coefficient (Wildman–Crippen LogP) is 1.97. The summed E-state index contributed by atoms with van der Waals surface area (Å²) in [4.78, 5) is 27.7. The first kappa shape index (κ1) is 14.1. The lowest BCUT2D eigenvalue weighted by Gasteiger charge is -2.30. The summed E-state index contributed by atoms with van der Waals surface area (Å²) in [6, 6.07) is 8.70. The first-order valence-corrected chi connectivity index (χ1v) is 7.77. The molecule has 0 N–H and O–H groups in total. The molecular formula is C17H22N2O2. The molecule has 2 amide bonds. The second kappa shape index (κ2) is 5.88. The van der Waals surface area contributed by atoms with Crippen LogP contribution in [-0.4, -0.2) is 40.7 Å². The van der Waals surface area contributed by atoms with Crippen LogP contribution in [0.25, 0.3) is 0 Å². The Kier molecular flexibility index (Phi) is 3.95. The number of rotatable bonds is 4. The van der Waals surface area contributed by atoms with Gasteiger partial charge in [0.15, 0.2) is 0 Å². The Hall–Kier alpha value is -1.84. The SMILES string of the molecule is CC(=O)N(CCC(=O)N1CCc2ccccc2C1)C1CC1. The molecule has 1 fully saturated rings. The Labute approximate surface area is 125 Å². The summed E-state index contributed by atoms with van der Waals surface area (Å²) < 4.78 is 0. The van der Waals surface area contributed by atoms with Gasteiger partial charge in [0, 0.05) is 39.0 Å². The van der Waals surface area contributed by atoms with Crippen molar-refractivity contribution in [2.75, 3.05) is 13.1 Å². The average molecular weight is 286 g/mol. The van der Waals surface area contributed by atoms with E-state index in [0.717, 1.165) is 25.8 Å². The van der Waals surface area contributed by atoms with Crippen molar-refractivity contribution in [1.82, 2.24) is 9.80 Å². The van der Waals surface area contributed by atoms with Crippen molar-refractivity contribution in [3.63, 3.8) is 0 Å². The van der Waals surface area contributed by atoms with Gasteiger partial charge in [-0.25, -0.2) is 0 Å². The summed E-state index contributed by atoms with van der Waals surface area (Å²) in [5.74, 6) is 0.255. The Morgan fingerprint density at radius 1 is 1.24 bits per heavy atom. The molecule has 0 atom stereocenters. The molecule has 0 aromatic heterocycles. The first-order chi connectivity index (χ1) is 10.1. The zero-order chi connectivity index (χ0) is 14.8. The van der Waals surface area contributed by atoms with E-state index in [4.69, 9.17) is 0 Å². The van der Waals surface area contributed by atoms with Crippen molar-refractivity contribution in [2.24, 2.45) is 0 Å². The fourth-order valence-corrected chi connectivity index (χ4v) is 3.07. The second-order valence-corrected chi connectivity index (χ2v) is 6.03. The van der Waals surface area contributed by atoms with Crippen LogP contribution in [0.4, 0.5) is 0 Å². The van der Waals surface area contributed by atoms with Gasteiger partial charge in [0.05, 0.1) is 0 Å². The van der Waals surface area contributed by atoms with E-state index in [1.807, 2.05) is 15.9 Å². The largest absolute Gasteiger partial charge is 0.339 e. The first-order valence-electron chi connectivity index (χ1n) is 7.77. The van der Waals surface area contributed by atoms with Crippen LogP contribution in [0.3, 0.4) is 0 Å². The lowest BCUT2D eigenvalue weighted by Crippen LogP contribution is -2.39. The van der Waals surface area contributed by atoms with Crippen LogP contribution in [0.5, 0.6) is 0 Å². The molecule has 0 radical (unpaired) electrons. The summed E-state index contributed by atoms with van der Waals surface area (Å²) in [5, 5.41) is 0. The number of amides is 2. The Morgan fingerprint density at radius 2 is 1.95 bits per heavy atom. The van der Waals surface area contributed by atoms with Gasteiger partial charge < -0.3 is 9.80 Å².